The van der Waals surface area contributed by atoms with Crippen LogP contribution in [0.2, 0.25) is 0 Å². The van der Waals surface area contributed by atoms with E-state index in [4.69, 9.17) is 9.15 Å². The second kappa shape index (κ2) is 6.40. The van der Waals surface area contributed by atoms with E-state index in [9.17, 15) is 4.79 Å². The molecule has 6 heteroatoms. The van der Waals surface area contributed by atoms with Crippen LogP contribution < -0.4 is 10.1 Å². The molecule has 0 bridgehead atoms. The zero-order valence-corrected chi connectivity index (χ0v) is 14.4. The van der Waals surface area contributed by atoms with Crippen molar-refractivity contribution in [3.05, 3.63) is 72.5 Å². The van der Waals surface area contributed by atoms with Gasteiger partial charge in [-0.25, -0.2) is 4.98 Å². The van der Waals surface area contributed by atoms with Crippen molar-refractivity contribution in [1.29, 1.82) is 0 Å². The van der Waals surface area contributed by atoms with Gasteiger partial charge in [-0.2, -0.15) is 0 Å². The third kappa shape index (κ3) is 2.82. The quantitative estimate of drug-likeness (QED) is 0.601. The van der Waals surface area contributed by atoms with E-state index in [1.807, 2.05) is 47.2 Å². The Labute approximate surface area is 150 Å². The topological polar surface area (TPSA) is 69.3 Å². The number of aryl methyl sites for hydroxylation is 1. The summed E-state index contributed by atoms with van der Waals surface area (Å²) in [6.07, 6.45) is 5.31. The van der Waals surface area contributed by atoms with Crippen molar-refractivity contribution in [2.45, 2.75) is 6.92 Å². The van der Waals surface area contributed by atoms with E-state index in [0.29, 0.717) is 28.3 Å². The summed E-state index contributed by atoms with van der Waals surface area (Å²) in [7, 11) is 1.59. The number of imidazole rings is 1. The minimum atomic E-state index is -0.218. The number of amides is 1. The van der Waals surface area contributed by atoms with E-state index >= 15 is 0 Å². The Balaban J connectivity index is 1.62. The summed E-state index contributed by atoms with van der Waals surface area (Å²) in [5.74, 6) is 1.03. The van der Waals surface area contributed by atoms with Gasteiger partial charge < -0.3 is 19.0 Å². The minimum Gasteiger partial charge on any atom is -0.497 e. The van der Waals surface area contributed by atoms with Gasteiger partial charge in [0.15, 0.2) is 0 Å². The number of hydrogen-bond acceptors (Lipinski definition) is 4. The van der Waals surface area contributed by atoms with Gasteiger partial charge in [0, 0.05) is 29.2 Å². The molecule has 0 unspecified atom stereocenters. The highest BCUT2D eigenvalue weighted by Crippen LogP contribution is 2.29. The zero-order chi connectivity index (χ0) is 18.1. The van der Waals surface area contributed by atoms with E-state index in [-0.39, 0.29) is 5.91 Å². The summed E-state index contributed by atoms with van der Waals surface area (Å²) in [5, 5.41) is 3.65. The molecule has 26 heavy (non-hydrogen) atoms. The smallest absolute Gasteiger partial charge is 0.259 e. The standard InChI is InChI=1S/C20H17N3O3/c1-13-19(17-11-16(25-2)7-8-18(17)26-13)20(24)22-14-3-5-15(6-4-14)23-10-9-21-12-23/h3-12H,1-2H3,(H,22,24). The number of fused-ring (bicyclic) bond motifs is 1. The molecule has 0 radical (unpaired) electrons. The van der Waals surface area contributed by atoms with Crippen molar-refractivity contribution in [1.82, 2.24) is 9.55 Å². The van der Waals surface area contributed by atoms with Crippen LogP contribution in [-0.4, -0.2) is 22.6 Å². The molecule has 0 aliphatic carbocycles. The molecule has 4 aromatic rings. The highest BCUT2D eigenvalue weighted by Gasteiger charge is 2.19. The Kier molecular flexibility index (Phi) is 3.93. The van der Waals surface area contributed by atoms with E-state index in [1.54, 1.807) is 32.6 Å². The van der Waals surface area contributed by atoms with Gasteiger partial charge in [0.05, 0.1) is 19.0 Å². The molecule has 0 spiro atoms. The Morgan fingerprint density at radius 1 is 1.19 bits per heavy atom. The van der Waals surface area contributed by atoms with Crippen molar-refractivity contribution in [3.63, 3.8) is 0 Å². The van der Waals surface area contributed by atoms with E-state index in [0.717, 1.165) is 11.1 Å². The number of carbonyl (C=O) groups excluding carboxylic acids is 1. The molecule has 0 atom stereocenters. The number of ether oxygens (including phenoxy) is 1. The van der Waals surface area contributed by atoms with Gasteiger partial charge in [0.2, 0.25) is 0 Å². The van der Waals surface area contributed by atoms with Gasteiger partial charge in [-0.3, -0.25) is 4.79 Å². The largest absolute Gasteiger partial charge is 0.497 e. The summed E-state index contributed by atoms with van der Waals surface area (Å²) in [6, 6.07) is 13.0. The first-order chi connectivity index (χ1) is 12.7. The molecule has 2 heterocycles. The molecule has 0 saturated heterocycles. The lowest BCUT2D eigenvalue weighted by Crippen LogP contribution is -2.12. The molecule has 0 fully saturated rings. The Hall–Kier alpha value is -3.54. The van der Waals surface area contributed by atoms with Gasteiger partial charge in [-0.05, 0) is 49.4 Å². The fourth-order valence-electron chi connectivity index (χ4n) is 2.93. The number of rotatable bonds is 4. The number of nitrogens with one attached hydrogen (secondary N) is 1. The average molecular weight is 347 g/mol. The van der Waals surface area contributed by atoms with Gasteiger partial charge in [0.1, 0.15) is 17.1 Å². The number of aromatic nitrogens is 2. The maximum absolute atomic E-state index is 12.8. The van der Waals surface area contributed by atoms with Crippen LogP contribution in [0.5, 0.6) is 5.75 Å². The summed E-state index contributed by atoms with van der Waals surface area (Å²) >= 11 is 0. The molecule has 1 amide bonds. The van der Waals surface area contributed by atoms with Gasteiger partial charge >= 0.3 is 0 Å². The number of benzene rings is 2. The molecule has 2 aromatic heterocycles. The molecule has 0 saturated carbocycles. The van der Waals surface area contributed by atoms with Crippen molar-refractivity contribution in [2.24, 2.45) is 0 Å². The lowest BCUT2D eigenvalue weighted by atomic mass is 10.1. The Morgan fingerprint density at radius 3 is 2.69 bits per heavy atom. The van der Waals surface area contributed by atoms with Crippen LogP contribution in [0.3, 0.4) is 0 Å². The fraction of sp³-hybridized carbons (Fsp3) is 0.100. The van der Waals surface area contributed by atoms with Crippen molar-refractivity contribution in [2.75, 3.05) is 12.4 Å². The molecule has 130 valence electrons. The number of anilines is 1. The highest BCUT2D eigenvalue weighted by molar-refractivity contribution is 6.13. The van der Waals surface area contributed by atoms with Crippen LogP contribution in [0.1, 0.15) is 16.1 Å². The molecule has 0 aliphatic heterocycles. The number of nitrogens with zero attached hydrogens (tertiary/aromatic N) is 2. The maximum atomic E-state index is 12.8. The highest BCUT2D eigenvalue weighted by atomic mass is 16.5. The normalized spacial score (nSPS) is 10.8. The van der Waals surface area contributed by atoms with Crippen LogP contribution in [0.25, 0.3) is 16.7 Å². The predicted octanol–water partition coefficient (Wildman–Crippen LogP) is 4.19. The molecule has 0 aliphatic rings. The molecule has 2 aromatic carbocycles. The van der Waals surface area contributed by atoms with Crippen molar-refractivity contribution >= 4 is 22.6 Å². The Morgan fingerprint density at radius 2 is 2.00 bits per heavy atom. The monoisotopic (exact) mass is 347 g/mol. The number of methoxy groups -OCH3 is 1. The second-order valence-corrected chi connectivity index (χ2v) is 5.87. The zero-order valence-electron chi connectivity index (χ0n) is 14.4. The third-order valence-corrected chi connectivity index (χ3v) is 4.23. The molecule has 4 rings (SSSR count). The maximum Gasteiger partial charge on any atom is 0.259 e. The summed E-state index contributed by atoms with van der Waals surface area (Å²) in [5.41, 5.74) is 2.84. The van der Waals surface area contributed by atoms with Crippen LogP contribution in [0.15, 0.2) is 65.6 Å². The number of hydrogen-bond donors (Lipinski definition) is 1. The Bertz CT molecular complexity index is 1060. The van der Waals surface area contributed by atoms with Gasteiger partial charge in [0.25, 0.3) is 5.91 Å². The summed E-state index contributed by atoms with van der Waals surface area (Å²) < 4.78 is 12.8. The molecular formula is C20H17N3O3. The first kappa shape index (κ1) is 16.0. The molecule has 6 nitrogen and oxygen atoms in total. The average Bonchev–Trinajstić information content (AvgIpc) is 3.28. The lowest BCUT2D eigenvalue weighted by Gasteiger charge is -2.07. The summed E-state index contributed by atoms with van der Waals surface area (Å²) in [4.78, 5) is 16.8. The van der Waals surface area contributed by atoms with E-state index in [2.05, 4.69) is 10.3 Å². The van der Waals surface area contributed by atoms with E-state index < -0.39 is 0 Å². The van der Waals surface area contributed by atoms with Crippen LogP contribution in [0.4, 0.5) is 5.69 Å². The van der Waals surface area contributed by atoms with Crippen LogP contribution >= 0.6 is 0 Å². The van der Waals surface area contributed by atoms with Crippen molar-refractivity contribution in [3.8, 4) is 11.4 Å². The summed E-state index contributed by atoms with van der Waals surface area (Å²) in [6.45, 7) is 1.78. The van der Waals surface area contributed by atoms with Gasteiger partial charge in [-0.15, -0.1) is 0 Å². The van der Waals surface area contributed by atoms with E-state index in [1.165, 1.54) is 0 Å². The lowest BCUT2D eigenvalue weighted by molar-refractivity contribution is 0.102. The molecule has 1 N–H and O–H groups in total. The molecular weight excluding hydrogens is 330 g/mol. The van der Waals surface area contributed by atoms with Gasteiger partial charge in [-0.1, -0.05) is 0 Å². The number of furan rings is 1. The van der Waals surface area contributed by atoms with Crippen LogP contribution in [-0.2, 0) is 0 Å². The SMILES string of the molecule is COc1ccc2oc(C)c(C(=O)Nc3ccc(-n4ccnc4)cc3)c2c1. The fourth-order valence-corrected chi connectivity index (χ4v) is 2.93. The third-order valence-electron chi connectivity index (χ3n) is 4.23. The first-order valence-electron chi connectivity index (χ1n) is 8.12. The first-order valence-corrected chi connectivity index (χ1v) is 8.12. The minimum absolute atomic E-state index is 0.218. The second-order valence-electron chi connectivity index (χ2n) is 5.87. The predicted molar refractivity (Wildman–Crippen MR) is 99.0 cm³/mol. The number of carbonyl (C=O) groups is 1. The van der Waals surface area contributed by atoms with Crippen molar-refractivity contribution < 1.29 is 13.9 Å². The van der Waals surface area contributed by atoms with Crippen LogP contribution in [0, 0.1) is 6.92 Å².